The molecule has 0 aliphatic rings. The van der Waals surface area contributed by atoms with E-state index in [0.29, 0.717) is 17.0 Å². The fraction of sp³-hybridized carbons (Fsp3) is 0.250. The number of benzene rings is 2. The number of thiol groups is 1. The van der Waals surface area contributed by atoms with Crippen LogP contribution in [0.15, 0.2) is 30.3 Å². The van der Waals surface area contributed by atoms with Crippen LogP contribution in [0.2, 0.25) is 0 Å². The Kier molecular flexibility index (Phi) is 4.14. The van der Waals surface area contributed by atoms with Crippen LogP contribution in [0, 0.1) is 6.92 Å². The van der Waals surface area contributed by atoms with Gasteiger partial charge in [0.2, 0.25) is 0 Å². The van der Waals surface area contributed by atoms with E-state index in [1.807, 2.05) is 25.1 Å². The van der Waals surface area contributed by atoms with E-state index in [1.165, 1.54) is 0 Å². The molecule has 0 aliphatic heterocycles. The van der Waals surface area contributed by atoms with Crippen LogP contribution in [0.4, 0.5) is 0 Å². The normalized spacial score (nSPS) is 10.8. The minimum Gasteiger partial charge on any atom is -0.507 e. The molecule has 2 aromatic rings. The number of rotatable bonds is 3. The van der Waals surface area contributed by atoms with Crippen molar-refractivity contribution in [1.29, 1.82) is 0 Å². The molecule has 0 spiro atoms. The van der Waals surface area contributed by atoms with Gasteiger partial charge < -0.3 is 14.4 Å². The average molecular weight is 290 g/mol. The lowest BCUT2D eigenvalue weighted by Gasteiger charge is -2.14. The SMILES string of the molecule is Cc1cc(OS)c(O)c(-c2cc(C(C)C)ccc2O)c1. The Balaban J connectivity index is 2.67. The van der Waals surface area contributed by atoms with Gasteiger partial charge in [0.1, 0.15) is 5.75 Å². The van der Waals surface area contributed by atoms with Gasteiger partial charge in [0, 0.05) is 24.0 Å². The van der Waals surface area contributed by atoms with E-state index in [4.69, 9.17) is 4.18 Å². The van der Waals surface area contributed by atoms with Gasteiger partial charge in [0.15, 0.2) is 11.5 Å². The molecular weight excluding hydrogens is 272 g/mol. The summed E-state index contributed by atoms with van der Waals surface area (Å²) in [5.74, 6) is 0.710. The molecule has 0 bridgehead atoms. The van der Waals surface area contributed by atoms with Crippen LogP contribution >= 0.6 is 12.9 Å². The predicted octanol–water partition coefficient (Wildman–Crippen LogP) is 4.42. The summed E-state index contributed by atoms with van der Waals surface area (Å²) in [6, 6.07) is 8.91. The van der Waals surface area contributed by atoms with Crippen molar-refractivity contribution in [3.05, 3.63) is 41.5 Å². The lowest BCUT2D eigenvalue weighted by molar-refractivity contribution is 0.451. The molecule has 0 unspecified atom stereocenters. The van der Waals surface area contributed by atoms with Gasteiger partial charge in [-0.15, -0.1) is 0 Å². The van der Waals surface area contributed by atoms with Gasteiger partial charge in [0.05, 0.1) is 0 Å². The predicted molar refractivity (Wildman–Crippen MR) is 83.6 cm³/mol. The molecule has 0 atom stereocenters. The number of phenols is 2. The summed E-state index contributed by atoms with van der Waals surface area (Å²) in [5.41, 5.74) is 3.13. The smallest absolute Gasteiger partial charge is 0.179 e. The van der Waals surface area contributed by atoms with Crippen LogP contribution in [0.1, 0.15) is 30.9 Å². The van der Waals surface area contributed by atoms with E-state index in [1.54, 1.807) is 12.1 Å². The first kappa shape index (κ1) is 14.6. The zero-order valence-corrected chi connectivity index (χ0v) is 12.6. The molecular formula is C16H18O3S. The summed E-state index contributed by atoms with van der Waals surface area (Å²) < 4.78 is 4.87. The van der Waals surface area contributed by atoms with Gasteiger partial charge in [-0.05, 0) is 48.2 Å². The summed E-state index contributed by atoms with van der Waals surface area (Å²) in [6.45, 7) is 6.05. The molecule has 0 radical (unpaired) electrons. The Morgan fingerprint density at radius 1 is 1.05 bits per heavy atom. The maximum absolute atomic E-state index is 10.2. The highest BCUT2D eigenvalue weighted by Crippen LogP contribution is 2.42. The molecule has 20 heavy (non-hydrogen) atoms. The van der Waals surface area contributed by atoms with E-state index in [0.717, 1.165) is 11.1 Å². The molecule has 2 rings (SSSR count). The average Bonchev–Trinajstić information content (AvgIpc) is 2.41. The monoisotopic (exact) mass is 290 g/mol. The van der Waals surface area contributed by atoms with Crippen molar-refractivity contribution < 1.29 is 14.4 Å². The van der Waals surface area contributed by atoms with Crippen molar-refractivity contribution in [2.24, 2.45) is 0 Å². The van der Waals surface area contributed by atoms with E-state index in [9.17, 15) is 10.2 Å². The third-order valence-corrected chi connectivity index (χ3v) is 3.49. The van der Waals surface area contributed by atoms with Crippen molar-refractivity contribution in [1.82, 2.24) is 0 Å². The lowest BCUT2D eigenvalue weighted by atomic mass is 9.95. The van der Waals surface area contributed by atoms with Crippen LogP contribution in [-0.4, -0.2) is 10.2 Å². The molecule has 2 N–H and O–H groups in total. The van der Waals surface area contributed by atoms with E-state index < -0.39 is 0 Å². The molecule has 0 aromatic heterocycles. The Bertz CT molecular complexity index is 636. The van der Waals surface area contributed by atoms with Crippen LogP contribution in [0.25, 0.3) is 11.1 Å². The molecule has 4 heteroatoms. The summed E-state index contributed by atoms with van der Waals surface area (Å²) in [6.07, 6.45) is 0. The quantitative estimate of drug-likeness (QED) is 0.579. The Labute approximate surface area is 124 Å². The minimum atomic E-state index is -0.0261. The molecule has 0 saturated heterocycles. The van der Waals surface area contributed by atoms with Gasteiger partial charge in [-0.25, -0.2) is 0 Å². The first-order valence-corrected chi connectivity index (χ1v) is 6.79. The molecule has 0 aliphatic carbocycles. The zero-order chi connectivity index (χ0) is 14.9. The summed E-state index contributed by atoms with van der Waals surface area (Å²) in [4.78, 5) is 0. The first-order chi connectivity index (χ1) is 9.43. The van der Waals surface area contributed by atoms with Gasteiger partial charge in [0.25, 0.3) is 0 Å². The van der Waals surface area contributed by atoms with Crippen LogP contribution in [0.5, 0.6) is 17.2 Å². The summed E-state index contributed by atoms with van der Waals surface area (Å²) in [5, 5.41) is 20.3. The zero-order valence-electron chi connectivity index (χ0n) is 11.7. The second kappa shape index (κ2) is 5.67. The Morgan fingerprint density at radius 3 is 2.35 bits per heavy atom. The van der Waals surface area contributed by atoms with Crippen LogP contribution in [0.3, 0.4) is 0 Å². The van der Waals surface area contributed by atoms with Crippen molar-refractivity contribution >= 4 is 12.9 Å². The van der Waals surface area contributed by atoms with Crippen molar-refractivity contribution in [3.63, 3.8) is 0 Å². The molecule has 0 fully saturated rings. The largest absolute Gasteiger partial charge is 0.507 e. The summed E-state index contributed by atoms with van der Waals surface area (Å²) in [7, 11) is 0. The van der Waals surface area contributed by atoms with Crippen LogP contribution < -0.4 is 4.18 Å². The highest BCUT2D eigenvalue weighted by Gasteiger charge is 2.15. The molecule has 3 nitrogen and oxygen atoms in total. The van der Waals surface area contributed by atoms with Crippen LogP contribution in [-0.2, 0) is 0 Å². The maximum Gasteiger partial charge on any atom is 0.179 e. The summed E-state index contributed by atoms with van der Waals surface area (Å²) >= 11 is 3.74. The maximum atomic E-state index is 10.2. The molecule has 0 saturated carbocycles. The number of aromatic hydroxyl groups is 2. The van der Waals surface area contributed by atoms with Gasteiger partial charge in [-0.1, -0.05) is 19.9 Å². The molecule has 0 amide bonds. The Morgan fingerprint density at radius 2 is 1.75 bits per heavy atom. The molecule has 106 valence electrons. The molecule has 2 aromatic carbocycles. The fourth-order valence-corrected chi connectivity index (χ4v) is 2.29. The van der Waals surface area contributed by atoms with E-state index in [-0.39, 0.29) is 17.2 Å². The minimum absolute atomic E-state index is 0.0261. The van der Waals surface area contributed by atoms with Crippen molar-refractivity contribution in [2.75, 3.05) is 0 Å². The number of hydrogen-bond acceptors (Lipinski definition) is 4. The topological polar surface area (TPSA) is 49.7 Å². The lowest BCUT2D eigenvalue weighted by Crippen LogP contribution is -1.91. The number of aryl methyl sites for hydroxylation is 1. The Hall–Kier alpha value is -1.81. The third-order valence-electron chi connectivity index (χ3n) is 3.30. The molecule has 0 heterocycles. The third kappa shape index (κ3) is 2.70. The highest BCUT2D eigenvalue weighted by molar-refractivity contribution is 7.75. The standard InChI is InChI=1S/C16H18O3S/c1-9(2)11-4-5-14(17)12(8-11)13-6-10(3)7-15(19-20)16(13)18/h4-9,17-18,20H,1-3H3. The number of hydrogen-bond donors (Lipinski definition) is 3. The van der Waals surface area contributed by atoms with Crippen molar-refractivity contribution in [3.8, 4) is 28.4 Å². The second-order valence-corrected chi connectivity index (χ2v) is 5.36. The highest BCUT2D eigenvalue weighted by atomic mass is 32.1. The van der Waals surface area contributed by atoms with Crippen molar-refractivity contribution in [2.45, 2.75) is 26.7 Å². The van der Waals surface area contributed by atoms with E-state index >= 15 is 0 Å². The van der Waals surface area contributed by atoms with Gasteiger partial charge >= 0.3 is 0 Å². The van der Waals surface area contributed by atoms with Gasteiger partial charge in [-0.2, -0.15) is 0 Å². The van der Waals surface area contributed by atoms with Gasteiger partial charge in [-0.3, -0.25) is 0 Å². The second-order valence-electron chi connectivity index (χ2n) is 5.18. The number of phenolic OH excluding ortho intramolecular Hbond substituents is 2. The fourth-order valence-electron chi connectivity index (χ4n) is 2.15. The van der Waals surface area contributed by atoms with E-state index in [2.05, 4.69) is 26.8 Å². The first-order valence-electron chi connectivity index (χ1n) is 6.42.